The van der Waals surface area contributed by atoms with Gasteiger partial charge in [0.05, 0.1) is 19.6 Å². The first-order valence-electron chi connectivity index (χ1n) is 6.14. The summed E-state index contributed by atoms with van der Waals surface area (Å²) in [5.74, 6) is -0.141. The number of esters is 1. The third-order valence-electron chi connectivity index (χ3n) is 3.96. The summed E-state index contributed by atoms with van der Waals surface area (Å²) >= 11 is 0. The van der Waals surface area contributed by atoms with Crippen LogP contribution in [-0.4, -0.2) is 47.3 Å². The minimum absolute atomic E-state index is 0.140. The van der Waals surface area contributed by atoms with E-state index in [9.17, 15) is 9.90 Å². The van der Waals surface area contributed by atoms with E-state index < -0.39 is 0 Å². The highest BCUT2D eigenvalue weighted by Gasteiger charge is 2.42. The van der Waals surface area contributed by atoms with E-state index in [1.165, 1.54) is 7.11 Å². The molecule has 2 saturated heterocycles. The van der Waals surface area contributed by atoms with Crippen LogP contribution < -0.4 is 0 Å². The SMILES string of the molecule is COC(=O)C[C@H](C)N1[C@H]2CC[C@H]1CC(O)C2. The number of hydrogen-bond acceptors (Lipinski definition) is 4. The number of fused-ring (bicyclic) bond motifs is 2. The van der Waals surface area contributed by atoms with Gasteiger partial charge in [0.25, 0.3) is 0 Å². The maximum atomic E-state index is 11.3. The zero-order valence-corrected chi connectivity index (χ0v) is 10.1. The van der Waals surface area contributed by atoms with E-state index in [1.54, 1.807) is 0 Å². The number of aliphatic hydroxyl groups excluding tert-OH is 1. The molecule has 3 atom stereocenters. The van der Waals surface area contributed by atoms with Crippen molar-refractivity contribution < 1.29 is 14.6 Å². The highest BCUT2D eigenvalue weighted by Crippen LogP contribution is 2.37. The van der Waals surface area contributed by atoms with Gasteiger partial charge in [-0.05, 0) is 32.6 Å². The number of methoxy groups -OCH3 is 1. The Morgan fingerprint density at radius 2 is 2.00 bits per heavy atom. The van der Waals surface area contributed by atoms with Crippen LogP contribution in [0.3, 0.4) is 0 Å². The van der Waals surface area contributed by atoms with Gasteiger partial charge in [0.15, 0.2) is 0 Å². The molecule has 0 radical (unpaired) electrons. The van der Waals surface area contributed by atoms with Gasteiger partial charge in [0.1, 0.15) is 0 Å². The van der Waals surface area contributed by atoms with Crippen LogP contribution in [-0.2, 0) is 9.53 Å². The molecule has 2 rings (SSSR count). The van der Waals surface area contributed by atoms with Crippen molar-refractivity contribution in [3.63, 3.8) is 0 Å². The Bertz CT molecular complexity index is 255. The Labute approximate surface area is 96.6 Å². The maximum absolute atomic E-state index is 11.3. The fourth-order valence-electron chi connectivity index (χ4n) is 3.33. The molecule has 0 aromatic heterocycles. The second-order valence-electron chi connectivity index (χ2n) is 5.09. The minimum Gasteiger partial charge on any atom is -0.469 e. The molecule has 92 valence electrons. The van der Waals surface area contributed by atoms with Crippen LogP contribution in [0.15, 0.2) is 0 Å². The van der Waals surface area contributed by atoms with Crippen LogP contribution in [0.25, 0.3) is 0 Å². The smallest absolute Gasteiger partial charge is 0.307 e. The van der Waals surface area contributed by atoms with Crippen molar-refractivity contribution in [2.24, 2.45) is 0 Å². The number of rotatable bonds is 3. The molecule has 0 unspecified atom stereocenters. The molecule has 1 N–H and O–H groups in total. The van der Waals surface area contributed by atoms with Crippen molar-refractivity contribution in [2.45, 2.75) is 63.3 Å². The topological polar surface area (TPSA) is 49.8 Å². The molecule has 2 bridgehead atoms. The molecule has 16 heavy (non-hydrogen) atoms. The maximum Gasteiger partial charge on any atom is 0.307 e. The summed E-state index contributed by atoms with van der Waals surface area (Å²) < 4.78 is 4.71. The van der Waals surface area contributed by atoms with Gasteiger partial charge in [0, 0.05) is 18.1 Å². The predicted octanol–water partition coefficient (Wildman–Crippen LogP) is 0.926. The molecule has 4 nitrogen and oxygen atoms in total. The van der Waals surface area contributed by atoms with E-state index in [4.69, 9.17) is 4.74 Å². The summed E-state index contributed by atoms with van der Waals surface area (Å²) in [6.07, 6.45) is 4.36. The summed E-state index contributed by atoms with van der Waals surface area (Å²) in [6, 6.07) is 1.17. The zero-order chi connectivity index (χ0) is 11.7. The summed E-state index contributed by atoms with van der Waals surface area (Å²) in [6.45, 7) is 2.08. The van der Waals surface area contributed by atoms with Crippen LogP contribution in [0.4, 0.5) is 0 Å². The lowest BCUT2D eigenvalue weighted by molar-refractivity contribution is -0.142. The first-order chi connectivity index (χ1) is 7.61. The Balaban J connectivity index is 1.97. The molecule has 2 fully saturated rings. The van der Waals surface area contributed by atoms with E-state index >= 15 is 0 Å². The third kappa shape index (κ3) is 2.23. The molecule has 0 aromatic carbocycles. The van der Waals surface area contributed by atoms with E-state index in [0.29, 0.717) is 18.5 Å². The number of nitrogens with zero attached hydrogens (tertiary/aromatic N) is 1. The van der Waals surface area contributed by atoms with Gasteiger partial charge in [-0.25, -0.2) is 0 Å². The average molecular weight is 227 g/mol. The number of ether oxygens (including phenoxy) is 1. The lowest BCUT2D eigenvalue weighted by atomic mass is 9.97. The lowest BCUT2D eigenvalue weighted by Crippen LogP contribution is -2.49. The molecule has 0 amide bonds. The molecule has 2 heterocycles. The molecule has 0 aliphatic carbocycles. The first kappa shape index (κ1) is 11.9. The average Bonchev–Trinajstić information content (AvgIpc) is 2.51. The van der Waals surface area contributed by atoms with Gasteiger partial charge in [-0.15, -0.1) is 0 Å². The van der Waals surface area contributed by atoms with Crippen LogP contribution in [0, 0.1) is 0 Å². The molecule has 0 spiro atoms. The van der Waals surface area contributed by atoms with Crippen LogP contribution in [0.1, 0.15) is 39.0 Å². The number of piperidine rings is 1. The Morgan fingerprint density at radius 1 is 1.44 bits per heavy atom. The number of carbonyl (C=O) groups excluding carboxylic acids is 1. The normalized spacial score (nSPS) is 36.1. The summed E-state index contributed by atoms with van der Waals surface area (Å²) in [4.78, 5) is 13.7. The molecular formula is C12H21NO3. The van der Waals surface area contributed by atoms with Gasteiger partial charge in [-0.1, -0.05) is 0 Å². The van der Waals surface area contributed by atoms with E-state index in [-0.39, 0.29) is 18.1 Å². The fraction of sp³-hybridized carbons (Fsp3) is 0.917. The van der Waals surface area contributed by atoms with Gasteiger partial charge >= 0.3 is 5.97 Å². The quantitative estimate of drug-likeness (QED) is 0.729. The van der Waals surface area contributed by atoms with Gasteiger partial charge in [-0.2, -0.15) is 0 Å². The zero-order valence-electron chi connectivity index (χ0n) is 10.1. The Hall–Kier alpha value is -0.610. The molecule has 2 aliphatic heterocycles. The molecule has 4 heteroatoms. The lowest BCUT2D eigenvalue weighted by Gasteiger charge is -2.40. The largest absolute Gasteiger partial charge is 0.469 e. The van der Waals surface area contributed by atoms with E-state index in [2.05, 4.69) is 11.8 Å². The number of carbonyl (C=O) groups is 1. The molecule has 0 aromatic rings. The van der Waals surface area contributed by atoms with Crippen molar-refractivity contribution >= 4 is 5.97 Å². The van der Waals surface area contributed by atoms with Crippen molar-refractivity contribution in [1.29, 1.82) is 0 Å². The third-order valence-corrected chi connectivity index (χ3v) is 3.96. The molecular weight excluding hydrogens is 206 g/mol. The monoisotopic (exact) mass is 227 g/mol. The molecule has 0 saturated carbocycles. The second-order valence-corrected chi connectivity index (χ2v) is 5.09. The van der Waals surface area contributed by atoms with Gasteiger partial charge < -0.3 is 9.84 Å². The van der Waals surface area contributed by atoms with Crippen molar-refractivity contribution in [3.05, 3.63) is 0 Å². The van der Waals surface area contributed by atoms with Crippen LogP contribution in [0.5, 0.6) is 0 Å². The summed E-state index contributed by atoms with van der Waals surface area (Å²) in [5, 5.41) is 9.70. The van der Waals surface area contributed by atoms with E-state index in [1.807, 2.05) is 0 Å². The fourth-order valence-corrected chi connectivity index (χ4v) is 3.33. The molecule has 2 aliphatic rings. The van der Waals surface area contributed by atoms with Crippen LogP contribution in [0.2, 0.25) is 0 Å². The predicted molar refractivity (Wildman–Crippen MR) is 60.0 cm³/mol. The minimum atomic E-state index is -0.141. The van der Waals surface area contributed by atoms with E-state index in [0.717, 1.165) is 25.7 Å². The Kier molecular flexibility index (Phi) is 3.50. The highest BCUT2D eigenvalue weighted by atomic mass is 16.5. The van der Waals surface area contributed by atoms with Gasteiger partial charge in [-0.3, -0.25) is 9.69 Å². The van der Waals surface area contributed by atoms with Crippen molar-refractivity contribution in [3.8, 4) is 0 Å². The Morgan fingerprint density at radius 3 is 2.50 bits per heavy atom. The van der Waals surface area contributed by atoms with Crippen molar-refractivity contribution in [2.75, 3.05) is 7.11 Å². The number of aliphatic hydroxyl groups is 1. The van der Waals surface area contributed by atoms with Crippen LogP contribution >= 0.6 is 0 Å². The second kappa shape index (κ2) is 4.72. The number of hydrogen-bond donors (Lipinski definition) is 1. The van der Waals surface area contributed by atoms with Crippen molar-refractivity contribution in [1.82, 2.24) is 4.90 Å². The highest BCUT2D eigenvalue weighted by molar-refractivity contribution is 5.69. The first-order valence-corrected chi connectivity index (χ1v) is 6.14. The van der Waals surface area contributed by atoms with Gasteiger partial charge in [0.2, 0.25) is 0 Å². The summed E-state index contributed by atoms with van der Waals surface area (Å²) in [7, 11) is 1.43. The summed E-state index contributed by atoms with van der Waals surface area (Å²) in [5.41, 5.74) is 0. The standard InChI is InChI=1S/C12H21NO3/c1-8(5-12(15)16-2)13-9-3-4-10(13)7-11(14)6-9/h8-11,14H,3-7H2,1-2H3/t8-,9-,10-/m0/s1.